The van der Waals surface area contributed by atoms with Crippen molar-refractivity contribution in [2.24, 2.45) is 4.99 Å². The minimum atomic E-state index is -0.0715. The summed E-state index contributed by atoms with van der Waals surface area (Å²) in [6.07, 6.45) is 9.56. The monoisotopic (exact) mass is 352 g/mol. The number of carbonyl (C=O) groups excluding carboxylic acids is 2. The molecule has 0 aromatic heterocycles. The van der Waals surface area contributed by atoms with Crippen LogP contribution in [0.5, 0.6) is 0 Å². The maximum atomic E-state index is 11.8. The molecule has 7 nitrogen and oxygen atoms in total. The third-order valence-electron chi connectivity index (χ3n) is 4.79. The summed E-state index contributed by atoms with van der Waals surface area (Å²) in [6.45, 7) is 2.24. The van der Waals surface area contributed by atoms with E-state index in [-0.39, 0.29) is 11.8 Å². The Kier molecular flexibility index (Phi) is 8.72. The molecule has 2 aliphatic rings. The van der Waals surface area contributed by atoms with Crippen molar-refractivity contribution in [1.82, 2.24) is 15.5 Å². The molecular formula is C18H32N4O3. The normalized spacial score (nSPS) is 20.5. The summed E-state index contributed by atoms with van der Waals surface area (Å²) in [5.41, 5.74) is 0. The van der Waals surface area contributed by atoms with Crippen LogP contribution in [-0.4, -0.2) is 62.1 Å². The van der Waals surface area contributed by atoms with Gasteiger partial charge in [-0.15, -0.1) is 0 Å². The van der Waals surface area contributed by atoms with Crippen molar-refractivity contribution in [3.05, 3.63) is 0 Å². The number of aliphatic imine (C=N–C) groups is 1. The van der Waals surface area contributed by atoms with Crippen LogP contribution in [-0.2, 0) is 14.3 Å². The van der Waals surface area contributed by atoms with E-state index >= 15 is 0 Å². The number of carbonyl (C=O) groups is 2. The van der Waals surface area contributed by atoms with Gasteiger partial charge in [-0.2, -0.15) is 0 Å². The first-order valence-corrected chi connectivity index (χ1v) is 9.60. The van der Waals surface area contributed by atoms with Crippen LogP contribution in [0.4, 0.5) is 0 Å². The molecule has 2 fully saturated rings. The second kappa shape index (κ2) is 11.1. The van der Waals surface area contributed by atoms with Crippen LogP contribution < -0.4 is 10.6 Å². The van der Waals surface area contributed by atoms with E-state index in [4.69, 9.17) is 4.74 Å². The fourth-order valence-electron chi connectivity index (χ4n) is 3.36. The Morgan fingerprint density at radius 3 is 2.32 bits per heavy atom. The fraction of sp³-hybridized carbons (Fsp3) is 0.833. The van der Waals surface area contributed by atoms with Gasteiger partial charge in [-0.05, 0) is 19.3 Å². The first kappa shape index (κ1) is 19.7. The summed E-state index contributed by atoms with van der Waals surface area (Å²) in [6, 6.07) is 0. The molecule has 142 valence electrons. The van der Waals surface area contributed by atoms with Gasteiger partial charge < -0.3 is 15.4 Å². The van der Waals surface area contributed by atoms with Crippen molar-refractivity contribution in [2.75, 3.05) is 33.3 Å². The average molecular weight is 352 g/mol. The Balaban J connectivity index is 1.58. The molecule has 2 amide bonds. The third-order valence-corrected chi connectivity index (χ3v) is 4.79. The quantitative estimate of drug-likeness (QED) is 0.238. The van der Waals surface area contributed by atoms with Gasteiger partial charge in [0.25, 0.3) is 0 Å². The summed E-state index contributed by atoms with van der Waals surface area (Å²) in [5, 5.41) is 6.35. The lowest BCUT2D eigenvalue weighted by Crippen LogP contribution is -2.47. The molecule has 25 heavy (non-hydrogen) atoms. The molecule has 1 aliphatic carbocycles. The van der Waals surface area contributed by atoms with E-state index in [2.05, 4.69) is 15.6 Å². The number of rotatable bonds is 7. The molecule has 0 atom stereocenters. The lowest BCUT2D eigenvalue weighted by Gasteiger charge is -2.25. The molecule has 0 unspecified atom stereocenters. The molecule has 7 heteroatoms. The lowest BCUT2D eigenvalue weighted by atomic mass is 10.1. The van der Waals surface area contributed by atoms with Crippen LogP contribution >= 0.6 is 0 Å². The Hall–Kier alpha value is -1.63. The van der Waals surface area contributed by atoms with Crippen molar-refractivity contribution in [3.8, 4) is 0 Å². The van der Waals surface area contributed by atoms with E-state index in [1.807, 2.05) is 0 Å². The molecule has 0 bridgehead atoms. The highest BCUT2D eigenvalue weighted by Crippen LogP contribution is 2.19. The highest BCUT2D eigenvalue weighted by molar-refractivity contribution is 5.97. The summed E-state index contributed by atoms with van der Waals surface area (Å²) in [7, 11) is 1.71. The summed E-state index contributed by atoms with van der Waals surface area (Å²) in [5.74, 6) is 0.525. The molecule has 0 spiro atoms. The van der Waals surface area contributed by atoms with Crippen LogP contribution in [0.2, 0.25) is 0 Å². The van der Waals surface area contributed by atoms with E-state index in [9.17, 15) is 9.59 Å². The SMILES string of the molecule is CN=C(NCCOC1CCCCCC1)NCCN1C(=O)CCCC1=O. The number of nitrogens with one attached hydrogen (secondary N) is 2. The average Bonchev–Trinajstić information content (AvgIpc) is 2.88. The van der Waals surface area contributed by atoms with Gasteiger partial charge in [0.1, 0.15) is 0 Å². The standard InChI is InChI=1S/C18H32N4O3/c1-19-18(20-11-13-22-16(23)9-6-10-17(22)24)21-12-14-25-15-7-4-2-3-5-8-15/h15H,2-14H2,1H3,(H2,19,20,21). The Morgan fingerprint density at radius 2 is 1.68 bits per heavy atom. The molecule has 0 aromatic rings. The Morgan fingerprint density at radius 1 is 1.04 bits per heavy atom. The van der Waals surface area contributed by atoms with E-state index in [1.165, 1.54) is 43.4 Å². The molecule has 1 saturated carbocycles. The second-order valence-electron chi connectivity index (χ2n) is 6.70. The van der Waals surface area contributed by atoms with E-state index < -0.39 is 0 Å². The minimum absolute atomic E-state index is 0.0715. The minimum Gasteiger partial charge on any atom is -0.376 e. The second-order valence-corrected chi connectivity index (χ2v) is 6.70. The first-order chi connectivity index (χ1) is 12.2. The van der Waals surface area contributed by atoms with E-state index in [0.717, 1.165) is 0 Å². The van der Waals surface area contributed by atoms with Gasteiger partial charge >= 0.3 is 0 Å². The predicted octanol–water partition coefficient (Wildman–Crippen LogP) is 1.43. The zero-order valence-electron chi connectivity index (χ0n) is 15.4. The highest BCUT2D eigenvalue weighted by Gasteiger charge is 2.25. The number of nitrogens with zero attached hydrogens (tertiary/aromatic N) is 2. The molecule has 0 aromatic carbocycles. The molecule has 1 saturated heterocycles. The van der Waals surface area contributed by atoms with E-state index in [1.54, 1.807) is 7.05 Å². The number of piperidine rings is 1. The maximum absolute atomic E-state index is 11.8. The van der Waals surface area contributed by atoms with Gasteiger partial charge in [0.15, 0.2) is 5.96 Å². The zero-order chi connectivity index (χ0) is 17.9. The Bertz CT molecular complexity index is 443. The molecule has 2 N–H and O–H groups in total. The van der Waals surface area contributed by atoms with Crippen molar-refractivity contribution in [3.63, 3.8) is 0 Å². The number of amides is 2. The maximum Gasteiger partial charge on any atom is 0.229 e. The van der Waals surface area contributed by atoms with Crippen molar-refractivity contribution in [1.29, 1.82) is 0 Å². The number of imide groups is 1. The van der Waals surface area contributed by atoms with Crippen LogP contribution in [0.1, 0.15) is 57.8 Å². The van der Waals surface area contributed by atoms with Crippen molar-refractivity contribution < 1.29 is 14.3 Å². The number of hydrogen-bond donors (Lipinski definition) is 2. The van der Waals surface area contributed by atoms with Crippen LogP contribution in [0.15, 0.2) is 4.99 Å². The number of guanidine groups is 1. The molecule has 1 heterocycles. The summed E-state index contributed by atoms with van der Waals surface area (Å²) in [4.78, 5) is 29.0. The molecule has 2 rings (SSSR count). The van der Waals surface area contributed by atoms with Crippen molar-refractivity contribution >= 4 is 17.8 Å². The molecule has 1 aliphatic heterocycles. The Labute approximate surface area is 150 Å². The molecule has 0 radical (unpaired) electrons. The van der Waals surface area contributed by atoms with Crippen molar-refractivity contribution in [2.45, 2.75) is 63.9 Å². The molecular weight excluding hydrogens is 320 g/mol. The summed E-state index contributed by atoms with van der Waals surface area (Å²) < 4.78 is 5.94. The topological polar surface area (TPSA) is 83.0 Å². The van der Waals surface area contributed by atoms with Gasteiger partial charge in [-0.1, -0.05) is 25.7 Å². The van der Waals surface area contributed by atoms with Gasteiger partial charge in [0.05, 0.1) is 12.7 Å². The fourth-order valence-corrected chi connectivity index (χ4v) is 3.36. The van der Waals surface area contributed by atoms with E-state index in [0.29, 0.717) is 57.6 Å². The highest BCUT2D eigenvalue weighted by atomic mass is 16.5. The third kappa shape index (κ3) is 7.02. The van der Waals surface area contributed by atoms with Gasteiger partial charge in [-0.25, -0.2) is 0 Å². The largest absolute Gasteiger partial charge is 0.376 e. The van der Waals surface area contributed by atoms with Crippen LogP contribution in [0, 0.1) is 0 Å². The number of hydrogen-bond acceptors (Lipinski definition) is 4. The van der Waals surface area contributed by atoms with Gasteiger partial charge in [0.2, 0.25) is 11.8 Å². The summed E-state index contributed by atoms with van der Waals surface area (Å²) >= 11 is 0. The zero-order valence-corrected chi connectivity index (χ0v) is 15.4. The lowest BCUT2D eigenvalue weighted by molar-refractivity contribution is -0.147. The first-order valence-electron chi connectivity index (χ1n) is 9.60. The number of likely N-dealkylation sites (tertiary alicyclic amines) is 1. The smallest absolute Gasteiger partial charge is 0.229 e. The van der Waals surface area contributed by atoms with Gasteiger partial charge in [0, 0.05) is 39.5 Å². The van der Waals surface area contributed by atoms with Crippen LogP contribution in [0.3, 0.4) is 0 Å². The number of ether oxygens (including phenoxy) is 1. The van der Waals surface area contributed by atoms with Crippen LogP contribution in [0.25, 0.3) is 0 Å². The predicted molar refractivity (Wildman–Crippen MR) is 97.4 cm³/mol. The van der Waals surface area contributed by atoms with Gasteiger partial charge in [-0.3, -0.25) is 19.5 Å².